The molecule has 2 aromatic heterocycles. The zero-order valence-corrected chi connectivity index (χ0v) is 15.2. The van der Waals surface area contributed by atoms with Crippen LogP contribution in [0.1, 0.15) is 38.7 Å². The van der Waals surface area contributed by atoms with Gasteiger partial charge in [0.25, 0.3) is 11.8 Å². The summed E-state index contributed by atoms with van der Waals surface area (Å²) in [5.74, 6) is 0.681. The second kappa shape index (κ2) is 7.92. The van der Waals surface area contributed by atoms with Crippen molar-refractivity contribution in [3.8, 4) is 0 Å². The number of rotatable bonds is 6. The molecule has 1 aromatic carbocycles. The van der Waals surface area contributed by atoms with Crippen molar-refractivity contribution in [2.24, 2.45) is 0 Å². The van der Waals surface area contributed by atoms with Crippen LogP contribution in [0.2, 0.25) is 0 Å². The van der Waals surface area contributed by atoms with Gasteiger partial charge in [-0.15, -0.1) is 11.3 Å². The molecule has 0 spiro atoms. The summed E-state index contributed by atoms with van der Waals surface area (Å²) < 4.78 is 5.11. The Hall–Kier alpha value is -3.00. The zero-order chi connectivity index (χ0) is 18.5. The highest BCUT2D eigenvalue weighted by atomic mass is 32.1. The Morgan fingerprint density at radius 2 is 2.00 bits per heavy atom. The van der Waals surface area contributed by atoms with Crippen LogP contribution in [0.3, 0.4) is 0 Å². The van der Waals surface area contributed by atoms with Crippen LogP contribution in [-0.2, 0) is 13.0 Å². The molecule has 1 N–H and O–H groups in total. The first-order chi connectivity index (χ1) is 12.6. The van der Waals surface area contributed by atoms with Gasteiger partial charge < -0.3 is 14.7 Å². The highest BCUT2D eigenvalue weighted by Crippen LogP contribution is 2.15. The molecule has 0 saturated carbocycles. The maximum atomic E-state index is 12.5. The molecule has 3 aromatic rings. The van der Waals surface area contributed by atoms with E-state index in [4.69, 9.17) is 4.52 Å². The monoisotopic (exact) mass is 370 g/mol. The van der Waals surface area contributed by atoms with Gasteiger partial charge in [-0.25, -0.2) is 0 Å². The highest BCUT2D eigenvalue weighted by molar-refractivity contribution is 7.12. The fourth-order valence-electron chi connectivity index (χ4n) is 2.29. The Labute approximate surface area is 154 Å². The first-order valence-electron chi connectivity index (χ1n) is 8.08. The van der Waals surface area contributed by atoms with Gasteiger partial charge in [-0.05, 0) is 35.7 Å². The van der Waals surface area contributed by atoms with Crippen LogP contribution in [0.25, 0.3) is 0 Å². The predicted molar refractivity (Wildman–Crippen MR) is 98.2 cm³/mol. The standard InChI is InChI=1S/C18H18N4O3S/c1-3-15-20-16(25-21-15)11-22(2)18(24)12-6-8-13(9-7-12)19-17(23)14-5-4-10-26-14/h4-10H,3,11H2,1-2H3,(H,19,23). The largest absolute Gasteiger partial charge is 0.337 e. The smallest absolute Gasteiger partial charge is 0.265 e. The van der Waals surface area contributed by atoms with Crippen molar-refractivity contribution >= 4 is 28.8 Å². The van der Waals surface area contributed by atoms with Crippen molar-refractivity contribution in [3.63, 3.8) is 0 Å². The Balaban J connectivity index is 1.61. The molecule has 0 bridgehead atoms. The van der Waals surface area contributed by atoms with Gasteiger partial charge in [-0.1, -0.05) is 18.1 Å². The Kier molecular flexibility index (Phi) is 5.43. The minimum atomic E-state index is -0.169. The maximum Gasteiger partial charge on any atom is 0.265 e. The SMILES string of the molecule is CCc1noc(CN(C)C(=O)c2ccc(NC(=O)c3cccs3)cc2)n1. The number of nitrogens with one attached hydrogen (secondary N) is 1. The van der Waals surface area contributed by atoms with Gasteiger partial charge in [-0.2, -0.15) is 4.98 Å². The minimum absolute atomic E-state index is 0.167. The molecule has 2 amide bonds. The van der Waals surface area contributed by atoms with Crippen molar-refractivity contribution in [3.05, 3.63) is 63.9 Å². The lowest BCUT2D eigenvalue weighted by molar-refractivity contribution is 0.0769. The lowest BCUT2D eigenvalue weighted by Crippen LogP contribution is -2.26. The molecular weight excluding hydrogens is 352 g/mol. The van der Waals surface area contributed by atoms with Crippen LogP contribution in [0.4, 0.5) is 5.69 Å². The fraction of sp³-hybridized carbons (Fsp3) is 0.222. The van der Waals surface area contributed by atoms with E-state index in [9.17, 15) is 9.59 Å². The molecule has 0 aliphatic heterocycles. The topological polar surface area (TPSA) is 88.3 Å². The second-order valence-electron chi connectivity index (χ2n) is 5.63. The molecule has 0 atom stereocenters. The van der Waals surface area contributed by atoms with E-state index < -0.39 is 0 Å². The normalized spacial score (nSPS) is 10.5. The number of benzene rings is 1. The van der Waals surface area contributed by atoms with Crippen molar-refractivity contribution in [1.29, 1.82) is 0 Å². The van der Waals surface area contributed by atoms with Crippen molar-refractivity contribution < 1.29 is 14.1 Å². The predicted octanol–water partition coefficient (Wildman–Crippen LogP) is 3.22. The van der Waals surface area contributed by atoms with Crippen LogP contribution in [0.5, 0.6) is 0 Å². The van der Waals surface area contributed by atoms with E-state index in [1.165, 1.54) is 16.2 Å². The number of amides is 2. The van der Waals surface area contributed by atoms with Gasteiger partial charge >= 0.3 is 0 Å². The van der Waals surface area contributed by atoms with Gasteiger partial charge in [0, 0.05) is 24.7 Å². The number of anilines is 1. The van der Waals surface area contributed by atoms with E-state index in [1.807, 2.05) is 18.4 Å². The molecule has 0 saturated heterocycles. The number of hydrogen-bond donors (Lipinski definition) is 1. The molecule has 7 nitrogen and oxygen atoms in total. The minimum Gasteiger partial charge on any atom is -0.337 e. The molecule has 0 unspecified atom stereocenters. The number of aromatic nitrogens is 2. The first-order valence-corrected chi connectivity index (χ1v) is 8.96. The summed E-state index contributed by atoms with van der Waals surface area (Å²) in [6, 6.07) is 10.3. The summed E-state index contributed by atoms with van der Waals surface area (Å²) in [5, 5.41) is 8.47. The summed E-state index contributed by atoms with van der Waals surface area (Å²) in [5.41, 5.74) is 1.14. The number of thiophene rings is 1. The third-order valence-corrected chi connectivity index (χ3v) is 4.55. The van der Waals surface area contributed by atoms with Crippen LogP contribution in [-0.4, -0.2) is 33.9 Å². The molecule has 0 aliphatic rings. The summed E-state index contributed by atoms with van der Waals surface area (Å²) in [6.07, 6.45) is 0.680. The third-order valence-electron chi connectivity index (χ3n) is 3.68. The summed E-state index contributed by atoms with van der Waals surface area (Å²) in [4.78, 5) is 30.9. The van der Waals surface area contributed by atoms with Crippen LogP contribution < -0.4 is 5.32 Å². The van der Waals surface area contributed by atoms with E-state index in [0.29, 0.717) is 34.3 Å². The lowest BCUT2D eigenvalue weighted by atomic mass is 10.2. The fourth-order valence-corrected chi connectivity index (χ4v) is 2.91. The quantitative estimate of drug-likeness (QED) is 0.720. The molecule has 0 aliphatic carbocycles. The number of aryl methyl sites for hydroxylation is 1. The molecule has 2 heterocycles. The van der Waals surface area contributed by atoms with E-state index in [0.717, 1.165) is 0 Å². The highest BCUT2D eigenvalue weighted by Gasteiger charge is 2.16. The van der Waals surface area contributed by atoms with Gasteiger partial charge in [-0.3, -0.25) is 9.59 Å². The molecule has 0 radical (unpaired) electrons. The molecule has 26 heavy (non-hydrogen) atoms. The Morgan fingerprint density at radius 1 is 1.23 bits per heavy atom. The molecule has 3 rings (SSSR count). The third kappa shape index (κ3) is 4.15. The second-order valence-corrected chi connectivity index (χ2v) is 6.58. The maximum absolute atomic E-state index is 12.5. The van der Waals surface area contributed by atoms with Gasteiger partial charge in [0.2, 0.25) is 5.89 Å². The van der Waals surface area contributed by atoms with Gasteiger partial charge in [0.1, 0.15) is 0 Å². The van der Waals surface area contributed by atoms with Crippen LogP contribution in [0.15, 0.2) is 46.3 Å². The lowest BCUT2D eigenvalue weighted by Gasteiger charge is -2.15. The van der Waals surface area contributed by atoms with E-state index in [2.05, 4.69) is 15.5 Å². The van der Waals surface area contributed by atoms with Crippen molar-refractivity contribution in [2.45, 2.75) is 19.9 Å². The first kappa shape index (κ1) is 17.8. The zero-order valence-electron chi connectivity index (χ0n) is 14.4. The number of nitrogens with zero attached hydrogens (tertiary/aromatic N) is 3. The Morgan fingerprint density at radius 3 is 2.62 bits per heavy atom. The molecule has 0 fully saturated rings. The summed E-state index contributed by atoms with van der Waals surface area (Å²) in [6.45, 7) is 2.17. The average Bonchev–Trinajstić information content (AvgIpc) is 3.33. The van der Waals surface area contributed by atoms with E-state index in [-0.39, 0.29) is 18.4 Å². The van der Waals surface area contributed by atoms with Gasteiger partial charge in [0.15, 0.2) is 5.82 Å². The molecular formula is C18H18N4O3S. The van der Waals surface area contributed by atoms with Crippen LogP contribution in [0, 0.1) is 0 Å². The average molecular weight is 370 g/mol. The Bertz CT molecular complexity index is 888. The van der Waals surface area contributed by atoms with Crippen molar-refractivity contribution in [2.75, 3.05) is 12.4 Å². The van der Waals surface area contributed by atoms with Crippen LogP contribution >= 0.6 is 11.3 Å². The number of hydrogen-bond acceptors (Lipinski definition) is 6. The number of carbonyl (C=O) groups is 2. The van der Waals surface area contributed by atoms with Gasteiger partial charge in [0.05, 0.1) is 11.4 Å². The van der Waals surface area contributed by atoms with Crippen molar-refractivity contribution in [1.82, 2.24) is 15.0 Å². The molecule has 134 valence electrons. The van der Waals surface area contributed by atoms with E-state index in [1.54, 1.807) is 37.4 Å². The summed E-state index contributed by atoms with van der Waals surface area (Å²) in [7, 11) is 1.67. The summed E-state index contributed by atoms with van der Waals surface area (Å²) >= 11 is 1.37. The number of carbonyl (C=O) groups excluding carboxylic acids is 2. The molecule has 8 heteroatoms. The van der Waals surface area contributed by atoms with E-state index >= 15 is 0 Å².